The highest BCUT2D eigenvalue weighted by atomic mass is 16.5. The van der Waals surface area contributed by atoms with Crippen molar-refractivity contribution in [1.29, 1.82) is 0 Å². The van der Waals surface area contributed by atoms with Gasteiger partial charge in [0, 0.05) is 47.7 Å². The van der Waals surface area contributed by atoms with Gasteiger partial charge >= 0.3 is 0 Å². The van der Waals surface area contributed by atoms with Crippen molar-refractivity contribution in [3.8, 4) is 11.5 Å². The maximum absolute atomic E-state index is 13.8. The Kier molecular flexibility index (Phi) is 5.35. The second-order valence-corrected chi connectivity index (χ2v) is 8.95. The molecule has 0 bridgehead atoms. The fraction of sp³-hybridized carbons (Fsp3) is 0.276. The van der Waals surface area contributed by atoms with Gasteiger partial charge in [0.1, 0.15) is 17.0 Å². The van der Waals surface area contributed by atoms with Crippen molar-refractivity contribution in [3.05, 3.63) is 94.6 Å². The number of anilines is 2. The predicted octanol–water partition coefficient (Wildman–Crippen LogP) is 6.21. The van der Waals surface area contributed by atoms with Gasteiger partial charge in [0.15, 0.2) is 0 Å². The molecule has 2 aliphatic rings. The summed E-state index contributed by atoms with van der Waals surface area (Å²) in [5, 5.41) is 6.98. The lowest BCUT2D eigenvalue weighted by Gasteiger charge is -2.44. The van der Waals surface area contributed by atoms with Crippen LogP contribution in [0, 0.1) is 13.8 Å². The monoisotopic (exact) mass is 453 g/mol. The van der Waals surface area contributed by atoms with E-state index in [9.17, 15) is 4.79 Å². The van der Waals surface area contributed by atoms with Gasteiger partial charge in [-0.25, -0.2) is 0 Å². The molecule has 5 nitrogen and oxygen atoms in total. The maximum atomic E-state index is 13.8. The summed E-state index contributed by atoms with van der Waals surface area (Å²) in [7, 11) is 0. The molecule has 0 aliphatic carbocycles. The molecular weight excluding hydrogens is 422 g/mol. The van der Waals surface area contributed by atoms with Crippen molar-refractivity contribution in [2.75, 3.05) is 30.3 Å². The van der Waals surface area contributed by atoms with E-state index in [1.807, 2.05) is 23.1 Å². The molecule has 2 aliphatic heterocycles. The van der Waals surface area contributed by atoms with Crippen LogP contribution in [0.1, 0.15) is 52.0 Å². The van der Waals surface area contributed by atoms with Gasteiger partial charge in [-0.05, 0) is 74.7 Å². The Morgan fingerprint density at radius 1 is 0.912 bits per heavy atom. The zero-order valence-corrected chi connectivity index (χ0v) is 20.3. The number of carbonyl (C=O) groups excluding carboxylic acids is 1. The van der Waals surface area contributed by atoms with E-state index in [0.29, 0.717) is 6.54 Å². The Morgan fingerprint density at radius 2 is 1.47 bits per heavy atom. The van der Waals surface area contributed by atoms with Gasteiger partial charge in [-0.1, -0.05) is 24.3 Å². The molecule has 0 unspecified atom stereocenters. The third-order valence-corrected chi connectivity index (χ3v) is 6.90. The van der Waals surface area contributed by atoms with E-state index >= 15 is 0 Å². The standard InChI is InChI=1S/C29H31N3O2/c1-6-13-32-28(33)20-11-9-10-12-21(20)29(32)22-16-24(30-7-2)18(4)14-26(22)34-27-15-19(5)25(31-8-3)17-23(27)29/h6,9-12,14-17,30-31H,1,7-8,13H2,2-5H3. The second-order valence-electron chi connectivity index (χ2n) is 8.95. The number of nitrogens with one attached hydrogen (secondary N) is 2. The number of ether oxygens (including phenoxy) is 1. The Morgan fingerprint density at radius 3 is 2.00 bits per heavy atom. The molecule has 0 aromatic heterocycles. The SMILES string of the molecule is C=CCN1C(=O)c2ccccc2C12c1cc(NCC)c(C)cc1Oc1cc(C)c(NCC)cc12. The van der Waals surface area contributed by atoms with Crippen molar-refractivity contribution in [3.63, 3.8) is 0 Å². The number of rotatable bonds is 6. The molecule has 1 spiro atoms. The van der Waals surface area contributed by atoms with Crippen LogP contribution in [0.3, 0.4) is 0 Å². The van der Waals surface area contributed by atoms with Gasteiger partial charge in [0.25, 0.3) is 5.91 Å². The summed E-state index contributed by atoms with van der Waals surface area (Å²) >= 11 is 0. The number of amides is 1. The fourth-order valence-electron chi connectivity index (χ4n) is 5.48. The van der Waals surface area contributed by atoms with E-state index in [4.69, 9.17) is 4.74 Å². The van der Waals surface area contributed by atoms with Crippen LogP contribution < -0.4 is 15.4 Å². The van der Waals surface area contributed by atoms with Gasteiger partial charge in [0.05, 0.1) is 0 Å². The molecule has 3 aromatic carbocycles. The maximum Gasteiger partial charge on any atom is 0.255 e. The van der Waals surface area contributed by atoms with Crippen LogP contribution >= 0.6 is 0 Å². The molecular formula is C29H31N3O2. The highest BCUT2D eigenvalue weighted by Crippen LogP contribution is 2.58. The molecule has 34 heavy (non-hydrogen) atoms. The molecule has 0 saturated carbocycles. The first kappa shape index (κ1) is 22.1. The van der Waals surface area contributed by atoms with Gasteiger partial charge in [-0.15, -0.1) is 6.58 Å². The first-order chi connectivity index (χ1) is 16.5. The first-order valence-electron chi connectivity index (χ1n) is 12.0. The van der Waals surface area contributed by atoms with Crippen molar-refractivity contribution in [2.45, 2.75) is 33.2 Å². The van der Waals surface area contributed by atoms with E-state index in [1.165, 1.54) is 0 Å². The Bertz CT molecular complexity index is 1250. The molecule has 1 amide bonds. The minimum absolute atomic E-state index is 0.00505. The molecule has 5 rings (SSSR count). The molecule has 0 radical (unpaired) electrons. The highest BCUT2D eigenvalue weighted by molar-refractivity contribution is 6.02. The average molecular weight is 454 g/mol. The highest BCUT2D eigenvalue weighted by Gasteiger charge is 2.56. The van der Waals surface area contributed by atoms with Crippen LogP contribution in [-0.2, 0) is 5.54 Å². The number of aryl methyl sites for hydroxylation is 2. The van der Waals surface area contributed by atoms with Gasteiger partial charge in [-0.3, -0.25) is 4.79 Å². The van der Waals surface area contributed by atoms with Crippen LogP contribution in [0.2, 0.25) is 0 Å². The van der Waals surface area contributed by atoms with Crippen molar-refractivity contribution in [2.24, 2.45) is 0 Å². The van der Waals surface area contributed by atoms with Crippen LogP contribution in [0.15, 0.2) is 61.2 Å². The fourth-order valence-corrected chi connectivity index (χ4v) is 5.48. The quantitative estimate of drug-likeness (QED) is 0.436. The minimum atomic E-state index is -0.819. The summed E-state index contributed by atoms with van der Waals surface area (Å²) in [5.74, 6) is 1.56. The van der Waals surface area contributed by atoms with Crippen molar-refractivity contribution >= 4 is 17.3 Å². The molecule has 174 valence electrons. The smallest absolute Gasteiger partial charge is 0.255 e. The molecule has 0 fully saturated rings. The number of carbonyl (C=O) groups is 1. The molecule has 3 aromatic rings. The summed E-state index contributed by atoms with van der Waals surface area (Å²) in [6.07, 6.45) is 1.80. The molecule has 0 saturated heterocycles. The van der Waals surface area contributed by atoms with Gasteiger partial charge < -0.3 is 20.3 Å². The number of nitrogens with zero attached hydrogens (tertiary/aromatic N) is 1. The first-order valence-corrected chi connectivity index (χ1v) is 12.0. The summed E-state index contributed by atoms with van der Waals surface area (Å²) in [6.45, 7) is 14.4. The summed E-state index contributed by atoms with van der Waals surface area (Å²) < 4.78 is 6.55. The third kappa shape index (κ3) is 2.96. The molecule has 2 heterocycles. The topological polar surface area (TPSA) is 53.6 Å². The average Bonchev–Trinajstić information content (AvgIpc) is 3.06. The molecule has 2 N–H and O–H groups in total. The summed E-state index contributed by atoms with van der Waals surface area (Å²) in [4.78, 5) is 15.8. The van der Waals surface area contributed by atoms with Crippen LogP contribution in [0.4, 0.5) is 11.4 Å². The number of hydrogen-bond acceptors (Lipinski definition) is 4. The van der Waals surface area contributed by atoms with E-state index in [-0.39, 0.29) is 5.91 Å². The lowest BCUT2D eigenvalue weighted by atomic mass is 9.74. The predicted molar refractivity (Wildman–Crippen MR) is 138 cm³/mol. The van der Waals surface area contributed by atoms with Crippen LogP contribution in [0.5, 0.6) is 11.5 Å². The van der Waals surface area contributed by atoms with E-state index < -0.39 is 5.54 Å². The van der Waals surface area contributed by atoms with E-state index in [2.05, 4.69) is 75.2 Å². The van der Waals surface area contributed by atoms with E-state index in [1.54, 1.807) is 6.08 Å². The van der Waals surface area contributed by atoms with Gasteiger partial charge in [-0.2, -0.15) is 0 Å². The summed E-state index contributed by atoms with van der Waals surface area (Å²) in [5.41, 5.74) is 7.11. The lowest BCUT2D eigenvalue weighted by molar-refractivity contribution is 0.0694. The lowest BCUT2D eigenvalue weighted by Crippen LogP contribution is -2.47. The number of fused-ring (bicyclic) bond motifs is 6. The van der Waals surface area contributed by atoms with Crippen LogP contribution in [-0.4, -0.2) is 30.4 Å². The van der Waals surface area contributed by atoms with Crippen molar-refractivity contribution in [1.82, 2.24) is 4.90 Å². The zero-order chi connectivity index (χ0) is 24.0. The van der Waals surface area contributed by atoms with Gasteiger partial charge in [0.2, 0.25) is 0 Å². The zero-order valence-electron chi connectivity index (χ0n) is 20.3. The Balaban J connectivity index is 1.93. The third-order valence-electron chi connectivity index (χ3n) is 6.90. The van der Waals surface area contributed by atoms with Crippen LogP contribution in [0.25, 0.3) is 0 Å². The molecule has 5 heteroatoms. The Hall–Kier alpha value is -3.73. The minimum Gasteiger partial charge on any atom is -0.457 e. The largest absolute Gasteiger partial charge is 0.457 e. The normalized spacial score (nSPS) is 14.8. The van der Waals surface area contributed by atoms with E-state index in [0.717, 1.165) is 69.3 Å². The molecule has 0 atom stereocenters. The second kappa shape index (κ2) is 8.24. The Labute approximate surface area is 201 Å². The number of benzene rings is 3. The number of hydrogen-bond donors (Lipinski definition) is 2. The summed E-state index contributed by atoms with van der Waals surface area (Å²) in [6, 6.07) is 16.4. The van der Waals surface area contributed by atoms with Crippen molar-refractivity contribution < 1.29 is 9.53 Å².